The highest BCUT2D eigenvalue weighted by Crippen LogP contribution is 2.34. The molecule has 0 saturated heterocycles. The number of fused-ring (bicyclic) bond motifs is 1. The Bertz CT molecular complexity index is 1520. The molecule has 2 heterocycles. The first-order chi connectivity index (χ1) is 17.4. The third-order valence-corrected chi connectivity index (χ3v) is 6.85. The van der Waals surface area contributed by atoms with Crippen LogP contribution in [0.5, 0.6) is 11.5 Å². The lowest BCUT2D eigenvalue weighted by Gasteiger charge is -2.24. The number of aromatic nitrogens is 1. The first-order valence-electron chi connectivity index (χ1n) is 11.5. The number of thiazole rings is 1. The molecule has 8 heteroatoms. The van der Waals surface area contributed by atoms with Crippen LogP contribution in [0.25, 0.3) is 6.08 Å². The zero-order valence-electron chi connectivity index (χ0n) is 20.7. The van der Waals surface area contributed by atoms with E-state index in [1.807, 2.05) is 55.5 Å². The van der Waals surface area contributed by atoms with Gasteiger partial charge in [-0.3, -0.25) is 9.36 Å². The summed E-state index contributed by atoms with van der Waals surface area (Å²) in [5, 5.41) is 0. The minimum atomic E-state index is -0.636. The van der Waals surface area contributed by atoms with Crippen LogP contribution in [0.15, 0.2) is 76.2 Å². The molecular weight excluding hydrogens is 476 g/mol. The van der Waals surface area contributed by atoms with E-state index in [2.05, 4.69) is 11.6 Å². The first-order valence-corrected chi connectivity index (χ1v) is 12.4. The smallest absolute Gasteiger partial charge is 0.338 e. The Morgan fingerprint density at radius 3 is 2.61 bits per heavy atom. The predicted molar refractivity (Wildman–Crippen MR) is 140 cm³/mol. The van der Waals surface area contributed by atoms with Gasteiger partial charge in [-0.1, -0.05) is 47.7 Å². The molecule has 3 aromatic rings. The van der Waals surface area contributed by atoms with Crippen LogP contribution in [-0.4, -0.2) is 31.4 Å². The molecule has 0 amide bonds. The molecule has 4 rings (SSSR count). The van der Waals surface area contributed by atoms with Crippen molar-refractivity contribution in [1.82, 2.24) is 4.57 Å². The number of benzene rings is 2. The zero-order chi connectivity index (χ0) is 25.8. The normalized spacial score (nSPS) is 15.2. The van der Waals surface area contributed by atoms with E-state index >= 15 is 0 Å². The molecule has 0 radical (unpaired) electrons. The minimum Gasteiger partial charge on any atom is -0.493 e. The van der Waals surface area contributed by atoms with Gasteiger partial charge in [-0.2, -0.15) is 0 Å². The molecule has 7 nitrogen and oxygen atoms in total. The Kier molecular flexibility index (Phi) is 7.55. The third kappa shape index (κ3) is 4.64. The maximum atomic E-state index is 13.7. The number of ether oxygens (including phenoxy) is 3. The van der Waals surface area contributed by atoms with Gasteiger partial charge in [0.2, 0.25) is 0 Å². The van der Waals surface area contributed by atoms with E-state index in [0.29, 0.717) is 45.1 Å². The van der Waals surface area contributed by atoms with Gasteiger partial charge >= 0.3 is 5.97 Å². The van der Waals surface area contributed by atoms with Gasteiger partial charge in [-0.05, 0) is 49.6 Å². The second-order valence-electron chi connectivity index (χ2n) is 8.12. The number of carbonyl (C=O) groups excluding carboxylic acids is 1. The van der Waals surface area contributed by atoms with Crippen LogP contribution in [0, 0.1) is 0 Å². The first kappa shape index (κ1) is 25.2. The molecule has 1 aromatic heterocycles. The predicted octanol–water partition coefficient (Wildman–Crippen LogP) is 3.54. The average Bonchev–Trinajstić information content (AvgIpc) is 3.17. The summed E-state index contributed by atoms with van der Waals surface area (Å²) >= 11 is 1.28. The molecule has 36 heavy (non-hydrogen) atoms. The van der Waals surface area contributed by atoms with Gasteiger partial charge in [-0.15, -0.1) is 6.58 Å². The fourth-order valence-electron chi connectivity index (χ4n) is 4.36. The van der Waals surface area contributed by atoms with Crippen molar-refractivity contribution in [3.63, 3.8) is 0 Å². The lowest BCUT2D eigenvalue weighted by Crippen LogP contribution is -2.39. The standard InChI is InChI=1S/C28H28N2O5S/c1-6-11-20-14-18(15-21(35-7-2)25(20)33-4)16-22-26(31)30-24(19-12-9-8-10-13-19)23(27(32)34-5)17(3)29-28(30)36-22/h6,8-10,12-16,24H,1,7,11H2,2-5H3. The Balaban J connectivity index is 1.95. The monoisotopic (exact) mass is 504 g/mol. The van der Waals surface area contributed by atoms with Gasteiger partial charge in [0.05, 0.1) is 42.7 Å². The molecule has 0 spiro atoms. The van der Waals surface area contributed by atoms with Gasteiger partial charge < -0.3 is 14.2 Å². The van der Waals surface area contributed by atoms with Gasteiger partial charge in [0, 0.05) is 5.56 Å². The van der Waals surface area contributed by atoms with E-state index in [4.69, 9.17) is 14.2 Å². The van der Waals surface area contributed by atoms with Gasteiger partial charge in [0.15, 0.2) is 16.3 Å². The molecule has 0 bridgehead atoms. The van der Waals surface area contributed by atoms with Gasteiger partial charge in [-0.25, -0.2) is 9.79 Å². The highest BCUT2D eigenvalue weighted by molar-refractivity contribution is 7.07. The fraction of sp³-hybridized carbons (Fsp3) is 0.250. The fourth-order valence-corrected chi connectivity index (χ4v) is 5.41. The van der Waals surface area contributed by atoms with E-state index in [1.165, 1.54) is 18.4 Å². The van der Waals surface area contributed by atoms with Crippen LogP contribution >= 0.6 is 11.3 Å². The second kappa shape index (κ2) is 10.8. The Labute approximate surface area is 213 Å². The highest BCUT2D eigenvalue weighted by atomic mass is 32.1. The minimum absolute atomic E-state index is 0.236. The van der Waals surface area contributed by atoms with Gasteiger partial charge in [0.25, 0.3) is 5.56 Å². The summed E-state index contributed by atoms with van der Waals surface area (Å²) in [7, 11) is 2.93. The molecule has 1 aliphatic heterocycles. The molecule has 0 fully saturated rings. The number of rotatable bonds is 8. The molecule has 1 aliphatic rings. The lowest BCUT2D eigenvalue weighted by atomic mass is 9.96. The topological polar surface area (TPSA) is 79.1 Å². The Morgan fingerprint density at radius 1 is 1.22 bits per heavy atom. The molecule has 1 atom stereocenters. The number of esters is 1. The average molecular weight is 505 g/mol. The Morgan fingerprint density at radius 2 is 1.97 bits per heavy atom. The van der Waals surface area contributed by atoms with Crippen molar-refractivity contribution in [3.8, 4) is 11.5 Å². The summed E-state index contributed by atoms with van der Waals surface area (Å²) in [5.41, 5.74) is 3.14. The summed E-state index contributed by atoms with van der Waals surface area (Å²) < 4.78 is 18.5. The van der Waals surface area contributed by atoms with E-state index in [1.54, 1.807) is 24.7 Å². The van der Waals surface area contributed by atoms with Crippen LogP contribution in [0.1, 0.15) is 36.6 Å². The number of methoxy groups -OCH3 is 2. The van der Waals surface area contributed by atoms with Crippen molar-refractivity contribution < 1.29 is 19.0 Å². The number of hydrogen-bond donors (Lipinski definition) is 0. The van der Waals surface area contributed by atoms with E-state index in [9.17, 15) is 9.59 Å². The van der Waals surface area contributed by atoms with Crippen LogP contribution in [0.2, 0.25) is 0 Å². The van der Waals surface area contributed by atoms with Crippen molar-refractivity contribution in [2.75, 3.05) is 20.8 Å². The van der Waals surface area contributed by atoms with E-state index in [-0.39, 0.29) is 5.56 Å². The SMILES string of the molecule is C=CCc1cc(C=c2sc3n(c2=O)C(c2ccccc2)C(C(=O)OC)=C(C)N=3)cc(OCC)c1OC. The lowest BCUT2D eigenvalue weighted by molar-refractivity contribution is -0.136. The summed E-state index contributed by atoms with van der Waals surface area (Å²) in [6, 6.07) is 12.6. The van der Waals surface area contributed by atoms with Crippen molar-refractivity contribution >= 4 is 23.4 Å². The number of hydrogen-bond acceptors (Lipinski definition) is 7. The maximum Gasteiger partial charge on any atom is 0.338 e. The third-order valence-electron chi connectivity index (χ3n) is 5.86. The van der Waals surface area contributed by atoms with Crippen LogP contribution in [-0.2, 0) is 16.0 Å². The van der Waals surface area contributed by atoms with E-state index in [0.717, 1.165) is 16.7 Å². The molecule has 0 N–H and O–H groups in total. The molecule has 0 saturated carbocycles. The van der Waals surface area contributed by atoms with Crippen LogP contribution in [0.3, 0.4) is 0 Å². The summed E-state index contributed by atoms with van der Waals surface area (Å²) in [6.45, 7) is 7.98. The summed E-state index contributed by atoms with van der Waals surface area (Å²) in [4.78, 5) is 31.6. The second-order valence-corrected chi connectivity index (χ2v) is 9.13. The quantitative estimate of drug-likeness (QED) is 0.346. The molecule has 2 aromatic carbocycles. The van der Waals surface area contributed by atoms with Crippen molar-refractivity contribution in [2.45, 2.75) is 26.3 Å². The molecular formula is C28H28N2O5S. The van der Waals surface area contributed by atoms with Crippen LogP contribution in [0.4, 0.5) is 0 Å². The Hall–Kier alpha value is -3.91. The largest absolute Gasteiger partial charge is 0.493 e. The molecule has 186 valence electrons. The summed E-state index contributed by atoms with van der Waals surface area (Å²) in [5.74, 6) is 0.743. The van der Waals surface area contributed by atoms with Gasteiger partial charge in [0.1, 0.15) is 0 Å². The number of allylic oxidation sites excluding steroid dienone is 2. The number of nitrogens with zero attached hydrogens (tertiary/aromatic N) is 2. The van der Waals surface area contributed by atoms with Crippen molar-refractivity contribution in [1.29, 1.82) is 0 Å². The number of carbonyl (C=O) groups is 1. The highest BCUT2D eigenvalue weighted by Gasteiger charge is 2.32. The van der Waals surface area contributed by atoms with Crippen molar-refractivity contribution in [3.05, 3.63) is 103 Å². The van der Waals surface area contributed by atoms with Crippen LogP contribution < -0.4 is 24.4 Å². The van der Waals surface area contributed by atoms with Crippen molar-refractivity contribution in [2.24, 2.45) is 4.99 Å². The maximum absolute atomic E-state index is 13.7. The van der Waals surface area contributed by atoms with E-state index < -0.39 is 12.0 Å². The zero-order valence-corrected chi connectivity index (χ0v) is 21.6. The summed E-state index contributed by atoms with van der Waals surface area (Å²) in [6.07, 6.45) is 4.20. The molecule has 0 aliphatic carbocycles. The molecule has 1 unspecified atom stereocenters.